The van der Waals surface area contributed by atoms with Crippen LogP contribution in [0.2, 0.25) is 0 Å². The molecule has 0 amide bonds. The van der Waals surface area contributed by atoms with Crippen molar-refractivity contribution in [2.75, 3.05) is 0 Å². The lowest BCUT2D eigenvalue weighted by Crippen LogP contribution is -1.81. The minimum atomic E-state index is 0.266. The van der Waals surface area contributed by atoms with Gasteiger partial charge in [0.25, 0.3) is 0 Å². The first kappa shape index (κ1) is 12.0. The Kier molecular flexibility index (Phi) is 1.74. The Morgan fingerprint density at radius 3 is 2.00 bits per heavy atom. The van der Waals surface area contributed by atoms with Crippen LogP contribution in [-0.2, 0) is 0 Å². The molecule has 116 valence electrons. The van der Waals surface area contributed by atoms with E-state index in [0.29, 0.717) is 0 Å². The monoisotopic (exact) mass is 322 g/mol. The summed E-state index contributed by atoms with van der Waals surface area (Å²) in [5, 5.41) is 17.2. The molecule has 0 atom stereocenters. The standard InChI is InChI=1S/C22H10O3/c23-12-6-9-16-22-18(12)11-2-1-3-13-19(11)20-14(24-13)7-4-10-5-8-15(25-16)21(22)17(10)20/h1-9,23H. The van der Waals surface area contributed by atoms with Gasteiger partial charge in [0.05, 0.1) is 0 Å². The van der Waals surface area contributed by atoms with E-state index < -0.39 is 0 Å². The highest BCUT2D eigenvalue weighted by Crippen LogP contribution is 2.52. The summed E-state index contributed by atoms with van der Waals surface area (Å²) in [7, 11) is 0. The predicted molar refractivity (Wildman–Crippen MR) is 99.2 cm³/mol. The van der Waals surface area contributed by atoms with Crippen LogP contribution < -0.4 is 0 Å². The number of phenolic OH excluding ortho intramolecular Hbond substituents is 1. The molecule has 7 rings (SSSR count). The first-order chi connectivity index (χ1) is 12.3. The third-order valence-corrected chi connectivity index (χ3v) is 5.49. The highest BCUT2D eigenvalue weighted by molar-refractivity contribution is 6.37. The van der Waals surface area contributed by atoms with E-state index in [1.807, 2.05) is 30.3 Å². The zero-order valence-electron chi connectivity index (χ0n) is 13.0. The fourth-order valence-corrected chi connectivity index (χ4v) is 4.54. The number of hydrogen-bond acceptors (Lipinski definition) is 3. The quantitative estimate of drug-likeness (QED) is 0.355. The molecule has 2 aromatic heterocycles. The fraction of sp³-hybridized carbons (Fsp3) is 0. The Labute approximate surface area is 140 Å². The first-order valence-corrected chi connectivity index (χ1v) is 8.27. The average molecular weight is 322 g/mol. The van der Waals surface area contributed by atoms with Gasteiger partial charge in [0.1, 0.15) is 28.1 Å². The van der Waals surface area contributed by atoms with Crippen molar-refractivity contribution < 1.29 is 13.9 Å². The van der Waals surface area contributed by atoms with Gasteiger partial charge in [-0.3, -0.25) is 0 Å². The van der Waals surface area contributed by atoms with Crippen molar-refractivity contribution in [1.29, 1.82) is 0 Å². The number of hydrogen-bond donors (Lipinski definition) is 1. The van der Waals surface area contributed by atoms with Crippen molar-refractivity contribution in [2.45, 2.75) is 0 Å². The third kappa shape index (κ3) is 1.17. The number of fused-ring (bicyclic) bond motifs is 1. The number of phenols is 1. The van der Waals surface area contributed by atoms with Crippen molar-refractivity contribution in [2.24, 2.45) is 0 Å². The van der Waals surface area contributed by atoms with Crippen LogP contribution in [-0.4, -0.2) is 5.11 Å². The summed E-state index contributed by atoms with van der Waals surface area (Å²) < 4.78 is 12.2. The van der Waals surface area contributed by atoms with Gasteiger partial charge in [-0.15, -0.1) is 0 Å². The molecule has 6 aromatic rings. The second-order valence-corrected chi connectivity index (χ2v) is 6.69. The molecular formula is C22H10O3. The molecule has 0 saturated carbocycles. The van der Waals surface area contributed by atoms with Gasteiger partial charge in [-0.2, -0.15) is 0 Å². The largest absolute Gasteiger partial charge is 0.507 e. The van der Waals surface area contributed by atoms with E-state index in [9.17, 15) is 5.11 Å². The number of aromatic hydroxyl groups is 1. The molecular weight excluding hydrogens is 312 g/mol. The molecule has 0 unspecified atom stereocenters. The minimum Gasteiger partial charge on any atom is -0.507 e. The Balaban J connectivity index is 2.06. The normalized spacial score (nSPS) is 13.0. The molecule has 0 saturated heterocycles. The molecule has 0 spiro atoms. The third-order valence-electron chi connectivity index (χ3n) is 5.49. The molecule has 0 bridgehead atoms. The van der Waals surface area contributed by atoms with Crippen molar-refractivity contribution in [1.82, 2.24) is 0 Å². The van der Waals surface area contributed by atoms with Gasteiger partial charge in [0, 0.05) is 32.5 Å². The van der Waals surface area contributed by atoms with Crippen molar-refractivity contribution in [3.8, 4) is 16.9 Å². The molecule has 1 aliphatic rings. The van der Waals surface area contributed by atoms with Crippen molar-refractivity contribution in [3.05, 3.63) is 54.6 Å². The Morgan fingerprint density at radius 2 is 1.20 bits per heavy atom. The van der Waals surface area contributed by atoms with Crippen LogP contribution in [0.5, 0.6) is 5.75 Å². The summed E-state index contributed by atoms with van der Waals surface area (Å²) >= 11 is 0. The van der Waals surface area contributed by atoms with Crippen LogP contribution in [0.4, 0.5) is 0 Å². The van der Waals surface area contributed by atoms with Crippen LogP contribution in [0.1, 0.15) is 0 Å². The fourth-order valence-electron chi connectivity index (χ4n) is 4.54. The predicted octanol–water partition coefficient (Wildman–Crippen LogP) is 6.32. The molecule has 3 heteroatoms. The van der Waals surface area contributed by atoms with Gasteiger partial charge < -0.3 is 13.9 Å². The maximum absolute atomic E-state index is 10.7. The minimum absolute atomic E-state index is 0.266. The molecule has 0 radical (unpaired) electrons. The van der Waals surface area contributed by atoms with E-state index in [-0.39, 0.29) is 5.75 Å². The van der Waals surface area contributed by atoms with Gasteiger partial charge in [-0.25, -0.2) is 0 Å². The van der Waals surface area contributed by atoms with Crippen LogP contribution in [0.3, 0.4) is 0 Å². The second-order valence-electron chi connectivity index (χ2n) is 6.69. The number of rotatable bonds is 0. The molecule has 0 fully saturated rings. The molecule has 3 nitrogen and oxygen atoms in total. The van der Waals surface area contributed by atoms with E-state index in [2.05, 4.69) is 18.2 Å². The molecule has 1 N–H and O–H groups in total. The molecule has 0 aliphatic heterocycles. The van der Waals surface area contributed by atoms with Gasteiger partial charge in [-0.05, 0) is 41.3 Å². The lowest BCUT2D eigenvalue weighted by molar-refractivity contribution is 0.478. The summed E-state index contributed by atoms with van der Waals surface area (Å²) in [5.74, 6) is 0.266. The van der Waals surface area contributed by atoms with Crippen molar-refractivity contribution >= 4 is 54.6 Å². The topological polar surface area (TPSA) is 46.5 Å². The smallest absolute Gasteiger partial charge is 0.136 e. The van der Waals surface area contributed by atoms with E-state index in [1.54, 1.807) is 6.07 Å². The zero-order valence-corrected chi connectivity index (χ0v) is 13.0. The summed E-state index contributed by atoms with van der Waals surface area (Å²) in [5.41, 5.74) is 5.16. The maximum Gasteiger partial charge on any atom is 0.136 e. The Morgan fingerprint density at radius 1 is 0.560 bits per heavy atom. The van der Waals surface area contributed by atoms with Crippen LogP contribution in [0.25, 0.3) is 65.8 Å². The van der Waals surface area contributed by atoms with Crippen LogP contribution in [0.15, 0.2) is 63.4 Å². The summed E-state index contributed by atoms with van der Waals surface area (Å²) in [6, 6.07) is 17.8. The van der Waals surface area contributed by atoms with Crippen molar-refractivity contribution in [3.63, 3.8) is 0 Å². The first-order valence-electron chi connectivity index (χ1n) is 8.27. The maximum atomic E-state index is 10.7. The SMILES string of the molecule is Oc1ccc2oc3ccc4ccc5oc6cccc7c6c5c4c3c2c1-7. The molecule has 1 aliphatic carbocycles. The molecule has 25 heavy (non-hydrogen) atoms. The van der Waals surface area contributed by atoms with Crippen LogP contribution >= 0.6 is 0 Å². The Hall–Kier alpha value is -3.46. The van der Waals surface area contributed by atoms with Gasteiger partial charge >= 0.3 is 0 Å². The molecule has 4 aromatic carbocycles. The lowest BCUT2D eigenvalue weighted by Gasteiger charge is -2.07. The summed E-state index contributed by atoms with van der Waals surface area (Å²) in [6.45, 7) is 0. The van der Waals surface area contributed by atoms with Crippen LogP contribution in [0, 0.1) is 0 Å². The summed E-state index contributed by atoms with van der Waals surface area (Å²) in [4.78, 5) is 0. The highest BCUT2D eigenvalue weighted by Gasteiger charge is 2.26. The summed E-state index contributed by atoms with van der Waals surface area (Å²) in [6.07, 6.45) is 0. The van der Waals surface area contributed by atoms with E-state index >= 15 is 0 Å². The number of furan rings is 2. The van der Waals surface area contributed by atoms with Gasteiger partial charge in [0.2, 0.25) is 0 Å². The molecule has 2 heterocycles. The highest BCUT2D eigenvalue weighted by atomic mass is 16.3. The van der Waals surface area contributed by atoms with Gasteiger partial charge in [0.15, 0.2) is 0 Å². The second kappa shape index (κ2) is 3.62. The zero-order chi connectivity index (χ0) is 16.3. The average Bonchev–Trinajstić information content (AvgIpc) is 3.15. The van der Waals surface area contributed by atoms with E-state index in [1.165, 1.54) is 0 Å². The lowest BCUT2D eigenvalue weighted by atomic mass is 9.97. The van der Waals surface area contributed by atoms with E-state index in [4.69, 9.17) is 8.83 Å². The van der Waals surface area contributed by atoms with Gasteiger partial charge in [-0.1, -0.05) is 24.3 Å². The van der Waals surface area contributed by atoms with E-state index in [0.717, 1.165) is 65.8 Å². The Bertz CT molecular complexity index is 1540. The number of benzene rings is 4.